The Labute approximate surface area is 69.5 Å². The van der Waals surface area contributed by atoms with Gasteiger partial charge in [0.15, 0.2) is 0 Å². The number of aromatic nitrogens is 2. The zero-order valence-electron chi connectivity index (χ0n) is 5.90. The Balaban J connectivity index is 3.00. The lowest BCUT2D eigenvalue weighted by Gasteiger charge is -2.00. The largest absolute Gasteiger partial charge is 0.383 e. The molecule has 2 N–H and O–H groups in total. The molecule has 0 bridgehead atoms. The predicted molar refractivity (Wildman–Crippen MR) is 46.8 cm³/mol. The molecule has 1 aromatic heterocycles. The van der Waals surface area contributed by atoms with E-state index in [-0.39, 0.29) is 11.5 Å². The standard InChI is InChI=1S/C6H9N3OS/c7-5-1-2-9(3-4-11)6(10)8-5/h1-2,11H,3-4H2,(H2,7,8,10). The summed E-state index contributed by atoms with van der Waals surface area (Å²) in [6, 6.07) is 1.59. The highest BCUT2D eigenvalue weighted by Gasteiger charge is 1.94. The lowest BCUT2D eigenvalue weighted by atomic mass is 10.6. The summed E-state index contributed by atoms with van der Waals surface area (Å²) < 4.78 is 1.46. The lowest BCUT2D eigenvalue weighted by Crippen LogP contribution is -2.23. The van der Waals surface area contributed by atoms with Crippen LogP contribution in [0.2, 0.25) is 0 Å². The highest BCUT2D eigenvalue weighted by atomic mass is 32.1. The number of anilines is 1. The molecule has 0 aliphatic rings. The van der Waals surface area contributed by atoms with Crippen molar-refractivity contribution in [2.45, 2.75) is 6.54 Å². The van der Waals surface area contributed by atoms with Crippen molar-refractivity contribution in [2.24, 2.45) is 0 Å². The van der Waals surface area contributed by atoms with E-state index in [1.807, 2.05) is 0 Å². The van der Waals surface area contributed by atoms with Crippen molar-refractivity contribution in [2.75, 3.05) is 11.5 Å². The van der Waals surface area contributed by atoms with Crippen LogP contribution in [0.1, 0.15) is 0 Å². The van der Waals surface area contributed by atoms with Crippen LogP contribution >= 0.6 is 12.6 Å². The van der Waals surface area contributed by atoms with Gasteiger partial charge in [0, 0.05) is 18.5 Å². The number of nitrogens with zero attached hydrogens (tertiary/aromatic N) is 2. The molecule has 0 unspecified atom stereocenters. The van der Waals surface area contributed by atoms with Gasteiger partial charge in [-0.1, -0.05) is 0 Å². The molecular weight excluding hydrogens is 162 g/mol. The number of aryl methyl sites for hydroxylation is 1. The van der Waals surface area contributed by atoms with E-state index in [1.165, 1.54) is 4.57 Å². The highest BCUT2D eigenvalue weighted by Crippen LogP contribution is 1.89. The van der Waals surface area contributed by atoms with Crippen molar-refractivity contribution in [1.82, 2.24) is 9.55 Å². The van der Waals surface area contributed by atoms with Crippen LogP contribution in [-0.4, -0.2) is 15.3 Å². The number of nitrogens with two attached hydrogens (primary N) is 1. The molecule has 0 saturated carbocycles. The molecule has 0 aromatic carbocycles. The normalized spacial score (nSPS) is 9.91. The maximum atomic E-state index is 11.0. The molecule has 0 saturated heterocycles. The molecule has 5 heteroatoms. The molecule has 1 heterocycles. The molecule has 4 nitrogen and oxygen atoms in total. The van der Waals surface area contributed by atoms with Crippen LogP contribution < -0.4 is 11.4 Å². The van der Waals surface area contributed by atoms with Crippen molar-refractivity contribution in [3.8, 4) is 0 Å². The molecular formula is C6H9N3OS. The number of rotatable bonds is 2. The van der Waals surface area contributed by atoms with E-state index in [9.17, 15) is 4.79 Å². The molecule has 1 aromatic rings. The van der Waals surface area contributed by atoms with E-state index in [0.29, 0.717) is 12.3 Å². The zero-order chi connectivity index (χ0) is 8.27. The Hall–Kier alpha value is -0.970. The van der Waals surface area contributed by atoms with Gasteiger partial charge in [0.25, 0.3) is 0 Å². The van der Waals surface area contributed by atoms with Crippen molar-refractivity contribution in [3.05, 3.63) is 22.7 Å². The topological polar surface area (TPSA) is 60.9 Å². The van der Waals surface area contributed by atoms with E-state index < -0.39 is 0 Å². The monoisotopic (exact) mass is 171 g/mol. The Morgan fingerprint density at radius 1 is 1.73 bits per heavy atom. The van der Waals surface area contributed by atoms with E-state index in [2.05, 4.69) is 17.6 Å². The zero-order valence-corrected chi connectivity index (χ0v) is 6.79. The van der Waals surface area contributed by atoms with Gasteiger partial charge < -0.3 is 5.73 Å². The molecule has 1 rings (SSSR count). The second-order valence-corrected chi connectivity index (χ2v) is 2.50. The SMILES string of the molecule is Nc1ccn(CCS)c(=O)n1. The summed E-state index contributed by atoms with van der Waals surface area (Å²) in [7, 11) is 0. The van der Waals surface area contributed by atoms with Gasteiger partial charge in [0.2, 0.25) is 0 Å². The highest BCUT2D eigenvalue weighted by molar-refractivity contribution is 7.80. The van der Waals surface area contributed by atoms with Crippen molar-refractivity contribution in [3.63, 3.8) is 0 Å². The van der Waals surface area contributed by atoms with Crippen LogP contribution in [0.3, 0.4) is 0 Å². The van der Waals surface area contributed by atoms with Gasteiger partial charge in [0.05, 0.1) is 0 Å². The molecule has 0 aliphatic carbocycles. The molecule has 0 spiro atoms. The first-order valence-corrected chi connectivity index (χ1v) is 3.81. The van der Waals surface area contributed by atoms with Crippen LogP contribution in [0.25, 0.3) is 0 Å². The molecule has 0 aliphatic heterocycles. The predicted octanol–water partition coefficient (Wildman–Crippen LogP) is -0.245. The van der Waals surface area contributed by atoms with Crippen LogP contribution in [0, 0.1) is 0 Å². The summed E-state index contributed by atoms with van der Waals surface area (Å²) >= 11 is 3.99. The fourth-order valence-electron chi connectivity index (χ4n) is 0.720. The third-order valence-electron chi connectivity index (χ3n) is 1.24. The van der Waals surface area contributed by atoms with E-state index in [1.54, 1.807) is 12.3 Å². The van der Waals surface area contributed by atoms with Crippen molar-refractivity contribution in [1.29, 1.82) is 0 Å². The summed E-state index contributed by atoms with van der Waals surface area (Å²) in [6.45, 7) is 0.565. The average molecular weight is 171 g/mol. The van der Waals surface area contributed by atoms with Crippen LogP contribution in [0.5, 0.6) is 0 Å². The first-order chi connectivity index (χ1) is 5.24. The van der Waals surface area contributed by atoms with Gasteiger partial charge in [-0.3, -0.25) is 4.57 Å². The molecule has 0 atom stereocenters. The van der Waals surface area contributed by atoms with Crippen LogP contribution in [-0.2, 0) is 6.54 Å². The smallest absolute Gasteiger partial charge is 0.349 e. The fraction of sp³-hybridized carbons (Fsp3) is 0.333. The molecule has 0 radical (unpaired) electrons. The van der Waals surface area contributed by atoms with E-state index in [4.69, 9.17) is 5.73 Å². The van der Waals surface area contributed by atoms with Crippen molar-refractivity contribution >= 4 is 18.4 Å². The summed E-state index contributed by atoms with van der Waals surface area (Å²) in [5, 5.41) is 0. The van der Waals surface area contributed by atoms with Crippen LogP contribution in [0.15, 0.2) is 17.1 Å². The first kappa shape index (κ1) is 8.13. The van der Waals surface area contributed by atoms with Gasteiger partial charge in [-0.25, -0.2) is 4.79 Å². The second-order valence-electron chi connectivity index (χ2n) is 2.05. The van der Waals surface area contributed by atoms with Gasteiger partial charge >= 0.3 is 5.69 Å². The minimum Gasteiger partial charge on any atom is -0.383 e. The van der Waals surface area contributed by atoms with Crippen LogP contribution in [0.4, 0.5) is 5.82 Å². The number of thiol groups is 1. The molecule has 60 valence electrons. The summed E-state index contributed by atoms with van der Waals surface area (Å²) in [5.74, 6) is 0.872. The van der Waals surface area contributed by atoms with Gasteiger partial charge in [-0.15, -0.1) is 0 Å². The van der Waals surface area contributed by atoms with Gasteiger partial charge in [0.1, 0.15) is 5.82 Å². The van der Waals surface area contributed by atoms with E-state index in [0.717, 1.165) is 0 Å². The van der Waals surface area contributed by atoms with E-state index >= 15 is 0 Å². The number of nitrogen functional groups attached to an aromatic ring is 1. The molecule has 0 fully saturated rings. The summed E-state index contributed by atoms with van der Waals surface area (Å²) in [6.07, 6.45) is 1.61. The Morgan fingerprint density at radius 2 is 2.45 bits per heavy atom. The average Bonchev–Trinajstić information content (AvgIpc) is 1.95. The molecule has 11 heavy (non-hydrogen) atoms. The summed E-state index contributed by atoms with van der Waals surface area (Å²) in [5.41, 5.74) is 4.96. The third-order valence-corrected chi connectivity index (χ3v) is 1.44. The number of hydrogen-bond acceptors (Lipinski definition) is 4. The second kappa shape index (κ2) is 3.43. The first-order valence-electron chi connectivity index (χ1n) is 3.18. The minimum atomic E-state index is -0.320. The summed E-state index contributed by atoms with van der Waals surface area (Å²) in [4.78, 5) is 14.5. The van der Waals surface area contributed by atoms with Crippen molar-refractivity contribution < 1.29 is 0 Å². The fourth-order valence-corrected chi connectivity index (χ4v) is 0.935. The maximum Gasteiger partial charge on any atom is 0.349 e. The Kier molecular flexibility index (Phi) is 2.53. The minimum absolute atomic E-state index is 0.255. The molecule has 0 amide bonds. The Bertz CT molecular complexity index is 296. The third kappa shape index (κ3) is 1.98. The maximum absolute atomic E-state index is 11.0. The lowest BCUT2D eigenvalue weighted by molar-refractivity contribution is 0.709. The van der Waals surface area contributed by atoms with Gasteiger partial charge in [-0.05, 0) is 6.07 Å². The van der Waals surface area contributed by atoms with Gasteiger partial charge in [-0.2, -0.15) is 17.6 Å². The quantitative estimate of drug-likeness (QED) is 0.603. The number of hydrogen-bond donors (Lipinski definition) is 2. The Morgan fingerprint density at radius 3 is 3.00 bits per heavy atom.